The molecule has 0 unspecified atom stereocenters. The summed E-state index contributed by atoms with van der Waals surface area (Å²) in [5.74, 6) is -1.32. The van der Waals surface area contributed by atoms with Gasteiger partial charge in [0.25, 0.3) is 5.91 Å². The van der Waals surface area contributed by atoms with Gasteiger partial charge in [-0.15, -0.1) is 0 Å². The van der Waals surface area contributed by atoms with Crippen molar-refractivity contribution in [2.45, 2.75) is 45.5 Å². The van der Waals surface area contributed by atoms with Gasteiger partial charge in [0.2, 0.25) is 0 Å². The Kier molecular flexibility index (Phi) is 6.17. The molecule has 0 fully saturated rings. The largest absolute Gasteiger partial charge is 0.412 e. The molecule has 1 aromatic carbocycles. The minimum absolute atomic E-state index is 0.00328. The van der Waals surface area contributed by atoms with Crippen LogP contribution in [0.1, 0.15) is 36.7 Å². The quantitative estimate of drug-likeness (QED) is 0.431. The van der Waals surface area contributed by atoms with Crippen LogP contribution in [-0.2, 0) is 11.0 Å². The highest BCUT2D eigenvalue weighted by atomic mass is 79.9. The number of aromatic nitrogens is 2. The van der Waals surface area contributed by atoms with Gasteiger partial charge in [-0.25, -0.2) is 13.3 Å². The van der Waals surface area contributed by atoms with Crippen LogP contribution < -0.4 is 5.32 Å². The van der Waals surface area contributed by atoms with Crippen LogP contribution in [0.5, 0.6) is 0 Å². The molecule has 0 saturated carbocycles. The van der Waals surface area contributed by atoms with Gasteiger partial charge in [0.1, 0.15) is 11.6 Å². The average molecular weight is 496 g/mol. The summed E-state index contributed by atoms with van der Waals surface area (Å²) in [4.78, 5) is 12.9. The van der Waals surface area contributed by atoms with Crippen molar-refractivity contribution in [1.82, 2.24) is 9.61 Å². The molecule has 0 atom stereocenters. The van der Waals surface area contributed by atoms with Gasteiger partial charge in [0.05, 0.1) is 34.6 Å². The molecule has 0 radical (unpaired) electrons. The molecule has 30 heavy (non-hydrogen) atoms. The molecular weight excluding hydrogens is 472 g/mol. The lowest BCUT2D eigenvalue weighted by atomic mass is 10.1. The van der Waals surface area contributed by atoms with Crippen molar-refractivity contribution < 1.29 is 18.0 Å². The number of fused-ring (bicyclic) bond motifs is 1. The monoisotopic (exact) mass is 495 g/mol. The fourth-order valence-electron chi connectivity index (χ4n) is 2.62. The lowest BCUT2D eigenvalue weighted by molar-refractivity contribution is 0.102. The molecule has 160 valence electrons. The average Bonchev–Trinajstić information content (AvgIpc) is 3.05. The SMILES string of the molecule is CC(C)(C)[Si](C)(C)OCc1cc(F)c(Br)cc1NC(=O)c1cnn2cc(F)ccc12. The van der Waals surface area contributed by atoms with Gasteiger partial charge in [-0.2, -0.15) is 5.10 Å². The summed E-state index contributed by atoms with van der Waals surface area (Å²) >= 11 is 3.17. The smallest absolute Gasteiger partial charge is 0.259 e. The van der Waals surface area contributed by atoms with Gasteiger partial charge in [-0.1, -0.05) is 20.8 Å². The molecular formula is C21H24BrF2N3O2Si. The van der Waals surface area contributed by atoms with Crippen molar-refractivity contribution in [3.8, 4) is 0 Å². The third-order valence-electron chi connectivity index (χ3n) is 5.51. The molecule has 1 amide bonds. The summed E-state index contributed by atoms with van der Waals surface area (Å²) in [5, 5.41) is 6.83. The van der Waals surface area contributed by atoms with Crippen molar-refractivity contribution in [3.05, 3.63) is 63.9 Å². The number of hydrogen-bond donors (Lipinski definition) is 1. The van der Waals surface area contributed by atoms with E-state index in [1.165, 1.54) is 41.2 Å². The van der Waals surface area contributed by atoms with Crippen molar-refractivity contribution in [2.75, 3.05) is 5.32 Å². The Hall–Kier alpha value is -2.10. The van der Waals surface area contributed by atoms with Crippen molar-refractivity contribution in [3.63, 3.8) is 0 Å². The summed E-state index contributed by atoms with van der Waals surface area (Å²) in [6, 6.07) is 5.63. The van der Waals surface area contributed by atoms with E-state index in [1.807, 2.05) is 0 Å². The van der Waals surface area contributed by atoms with Crippen molar-refractivity contribution in [2.24, 2.45) is 0 Å². The van der Waals surface area contributed by atoms with E-state index in [1.54, 1.807) is 0 Å². The number of hydrogen-bond acceptors (Lipinski definition) is 3. The minimum atomic E-state index is -2.07. The Bertz CT molecular complexity index is 1110. The van der Waals surface area contributed by atoms with Gasteiger partial charge in [-0.3, -0.25) is 4.79 Å². The molecule has 3 aromatic rings. The number of rotatable bonds is 5. The number of benzene rings is 1. The summed E-state index contributed by atoms with van der Waals surface area (Å²) in [7, 11) is -2.07. The van der Waals surface area contributed by atoms with Crippen LogP contribution in [0, 0.1) is 11.6 Å². The molecule has 0 aliphatic carbocycles. The number of carbonyl (C=O) groups is 1. The Morgan fingerprint density at radius 2 is 1.97 bits per heavy atom. The standard InChI is InChI=1S/C21H24BrF2N3O2Si/c1-21(2,3)30(4,5)29-12-13-8-17(24)16(22)9-18(13)26-20(28)15-10-25-27-11-14(23)6-7-19(15)27/h6-11H,12H2,1-5H3,(H,26,28). The van der Waals surface area contributed by atoms with Crippen LogP contribution in [0.3, 0.4) is 0 Å². The predicted molar refractivity (Wildman–Crippen MR) is 119 cm³/mol. The molecule has 3 rings (SSSR count). The number of anilines is 1. The maximum atomic E-state index is 14.2. The first kappa shape index (κ1) is 22.6. The zero-order valence-electron chi connectivity index (χ0n) is 17.5. The first-order valence-corrected chi connectivity index (χ1v) is 13.2. The number of nitrogens with zero attached hydrogens (tertiary/aromatic N) is 2. The maximum absolute atomic E-state index is 14.2. The van der Waals surface area contributed by atoms with Crippen LogP contribution in [0.4, 0.5) is 14.5 Å². The molecule has 2 aromatic heterocycles. The first-order chi connectivity index (χ1) is 13.9. The van der Waals surface area contributed by atoms with E-state index in [-0.39, 0.29) is 21.7 Å². The summed E-state index contributed by atoms with van der Waals surface area (Å²) in [5.41, 5.74) is 1.73. The molecule has 5 nitrogen and oxygen atoms in total. The van der Waals surface area contributed by atoms with E-state index >= 15 is 0 Å². The molecule has 0 aliphatic rings. The molecule has 0 bridgehead atoms. The second kappa shape index (κ2) is 8.20. The predicted octanol–water partition coefficient (Wildman–Crippen LogP) is 6.15. The third-order valence-corrected chi connectivity index (χ3v) is 10.6. The topological polar surface area (TPSA) is 55.6 Å². The highest BCUT2D eigenvalue weighted by molar-refractivity contribution is 9.10. The lowest BCUT2D eigenvalue weighted by Gasteiger charge is -2.36. The molecule has 0 saturated heterocycles. The number of carbonyl (C=O) groups excluding carboxylic acids is 1. The second-order valence-electron chi connectivity index (χ2n) is 8.66. The summed E-state index contributed by atoms with van der Waals surface area (Å²) < 4.78 is 35.3. The van der Waals surface area contributed by atoms with Gasteiger partial charge < -0.3 is 9.74 Å². The summed E-state index contributed by atoms with van der Waals surface area (Å²) in [6.45, 7) is 10.8. The number of nitrogens with one attached hydrogen (secondary N) is 1. The van der Waals surface area contributed by atoms with Crippen LogP contribution in [-0.4, -0.2) is 23.8 Å². The van der Waals surface area contributed by atoms with E-state index in [9.17, 15) is 13.6 Å². The number of pyridine rings is 1. The minimum Gasteiger partial charge on any atom is -0.412 e. The normalized spacial score (nSPS) is 12.4. The Labute approximate surface area is 183 Å². The van der Waals surface area contributed by atoms with E-state index in [2.05, 4.69) is 60.2 Å². The fourth-order valence-corrected chi connectivity index (χ4v) is 3.91. The highest BCUT2D eigenvalue weighted by Gasteiger charge is 2.37. The van der Waals surface area contributed by atoms with Crippen molar-refractivity contribution in [1.29, 1.82) is 0 Å². The molecule has 9 heteroatoms. The Morgan fingerprint density at radius 1 is 1.27 bits per heavy atom. The van der Waals surface area contributed by atoms with Crippen LogP contribution >= 0.6 is 15.9 Å². The lowest BCUT2D eigenvalue weighted by Crippen LogP contribution is -2.40. The van der Waals surface area contributed by atoms with Crippen molar-refractivity contribution >= 4 is 41.4 Å². The zero-order valence-corrected chi connectivity index (χ0v) is 20.1. The van der Waals surface area contributed by atoms with Gasteiger partial charge >= 0.3 is 0 Å². The third kappa shape index (κ3) is 4.63. The first-order valence-electron chi connectivity index (χ1n) is 9.45. The van der Waals surface area contributed by atoms with Gasteiger partial charge in [0, 0.05) is 11.3 Å². The van der Waals surface area contributed by atoms with E-state index in [0.29, 0.717) is 16.8 Å². The number of amides is 1. The number of halogens is 3. The maximum Gasteiger partial charge on any atom is 0.259 e. The highest BCUT2D eigenvalue weighted by Crippen LogP contribution is 2.38. The Morgan fingerprint density at radius 3 is 2.63 bits per heavy atom. The molecule has 1 N–H and O–H groups in total. The zero-order chi connectivity index (χ0) is 22.3. The van der Waals surface area contributed by atoms with E-state index in [4.69, 9.17) is 4.43 Å². The van der Waals surface area contributed by atoms with Crippen LogP contribution in [0.2, 0.25) is 18.1 Å². The molecule has 0 aliphatic heterocycles. The van der Waals surface area contributed by atoms with E-state index in [0.717, 1.165) is 0 Å². The van der Waals surface area contributed by atoms with Gasteiger partial charge in [-0.05, 0) is 58.3 Å². The molecule has 0 spiro atoms. The molecule has 2 heterocycles. The summed E-state index contributed by atoms with van der Waals surface area (Å²) in [6.07, 6.45) is 2.56. The van der Waals surface area contributed by atoms with Crippen LogP contribution in [0.15, 0.2) is 41.1 Å². The Balaban J connectivity index is 1.89. The second-order valence-corrected chi connectivity index (χ2v) is 14.3. The van der Waals surface area contributed by atoms with Crippen LogP contribution in [0.25, 0.3) is 5.52 Å². The van der Waals surface area contributed by atoms with E-state index < -0.39 is 25.9 Å². The van der Waals surface area contributed by atoms with Gasteiger partial charge in [0.15, 0.2) is 8.32 Å². The fraction of sp³-hybridized carbons (Fsp3) is 0.333.